The van der Waals surface area contributed by atoms with E-state index in [0.29, 0.717) is 12.1 Å². The van der Waals surface area contributed by atoms with E-state index in [1.165, 1.54) is 0 Å². The SMILES string of the molecule is Cc1ccc(C(=O)NCC2(O)CCC2)c(Br)c1. The summed E-state index contributed by atoms with van der Waals surface area (Å²) in [5.74, 6) is -0.141. The quantitative estimate of drug-likeness (QED) is 0.900. The van der Waals surface area contributed by atoms with Crippen LogP contribution in [0, 0.1) is 6.92 Å². The first-order valence-corrected chi connectivity index (χ1v) is 6.56. The van der Waals surface area contributed by atoms with Gasteiger partial charge in [-0.05, 0) is 59.8 Å². The topological polar surface area (TPSA) is 49.3 Å². The summed E-state index contributed by atoms with van der Waals surface area (Å²) in [5.41, 5.74) is 1.04. The minimum atomic E-state index is -0.674. The van der Waals surface area contributed by atoms with Crippen LogP contribution in [0.1, 0.15) is 35.2 Å². The molecule has 1 aliphatic carbocycles. The van der Waals surface area contributed by atoms with Crippen LogP contribution in [0.3, 0.4) is 0 Å². The van der Waals surface area contributed by atoms with E-state index < -0.39 is 5.60 Å². The molecule has 1 aromatic rings. The van der Waals surface area contributed by atoms with Crippen LogP contribution in [-0.2, 0) is 0 Å². The number of carbonyl (C=O) groups is 1. The molecular weight excluding hydrogens is 282 g/mol. The number of halogens is 1. The number of rotatable bonds is 3. The van der Waals surface area contributed by atoms with Crippen LogP contribution in [0.25, 0.3) is 0 Å². The fraction of sp³-hybridized carbons (Fsp3) is 0.462. The molecule has 0 atom stereocenters. The van der Waals surface area contributed by atoms with Crippen LogP contribution in [0.4, 0.5) is 0 Å². The van der Waals surface area contributed by atoms with Gasteiger partial charge in [0.15, 0.2) is 0 Å². The van der Waals surface area contributed by atoms with Gasteiger partial charge in [-0.3, -0.25) is 4.79 Å². The molecule has 1 amide bonds. The maximum absolute atomic E-state index is 11.9. The fourth-order valence-electron chi connectivity index (χ4n) is 1.91. The average Bonchev–Trinajstić information content (AvgIpc) is 2.23. The normalized spacial score (nSPS) is 17.4. The Bertz CT molecular complexity index is 441. The molecule has 0 radical (unpaired) electrons. The number of carbonyl (C=O) groups excluding carboxylic acids is 1. The zero-order chi connectivity index (χ0) is 12.5. The molecule has 92 valence electrons. The summed E-state index contributed by atoms with van der Waals surface area (Å²) < 4.78 is 0.788. The Balaban J connectivity index is 1.99. The highest BCUT2D eigenvalue weighted by Crippen LogP contribution is 2.30. The molecule has 2 N–H and O–H groups in total. The van der Waals surface area contributed by atoms with E-state index >= 15 is 0 Å². The van der Waals surface area contributed by atoms with Gasteiger partial charge in [0.05, 0.1) is 11.2 Å². The van der Waals surface area contributed by atoms with Gasteiger partial charge in [0.25, 0.3) is 5.91 Å². The lowest BCUT2D eigenvalue weighted by Crippen LogP contribution is -2.47. The maximum atomic E-state index is 11.9. The minimum absolute atomic E-state index is 0.141. The Morgan fingerprint density at radius 3 is 2.76 bits per heavy atom. The van der Waals surface area contributed by atoms with Gasteiger partial charge in [-0.1, -0.05) is 6.07 Å². The number of amides is 1. The summed E-state index contributed by atoms with van der Waals surface area (Å²) in [7, 11) is 0. The predicted octanol–water partition coefficient (Wildman–Crippen LogP) is 2.40. The van der Waals surface area contributed by atoms with E-state index in [1.54, 1.807) is 6.07 Å². The lowest BCUT2D eigenvalue weighted by Gasteiger charge is -2.36. The molecule has 1 saturated carbocycles. The summed E-state index contributed by atoms with van der Waals surface area (Å²) >= 11 is 3.38. The number of nitrogens with one attached hydrogen (secondary N) is 1. The van der Waals surface area contributed by atoms with Gasteiger partial charge >= 0.3 is 0 Å². The van der Waals surface area contributed by atoms with Gasteiger partial charge in [0, 0.05) is 11.0 Å². The summed E-state index contributed by atoms with van der Waals surface area (Å²) in [5, 5.41) is 12.7. The van der Waals surface area contributed by atoms with Crippen molar-refractivity contribution in [1.29, 1.82) is 0 Å². The Morgan fingerprint density at radius 2 is 2.24 bits per heavy atom. The second-order valence-corrected chi connectivity index (χ2v) is 5.60. The van der Waals surface area contributed by atoms with Crippen LogP contribution < -0.4 is 5.32 Å². The summed E-state index contributed by atoms with van der Waals surface area (Å²) in [6, 6.07) is 5.60. The lowest BCUT2D eigenvalue weighted by molar-refractivity contribution is -0.0300. The molecule has 1 fully saturated rings. The summed E-state index contributed by atoms with van der Waals surface area (Å²) in [6.07, 6.45) is 2.60. The van der Waals surface area contributed by atoms with Crippen LogP contribution in [0.15, 0.2) is 22.7 Å². The van der Waals surface area contributed by atoms with Crippen molar-refractivity contribution in [3.8, 4) is 0 Å². The largest absolute Gasteiger partial charge is 0.388 e. The van der Waals surface area contributed by atoms with E-state index in [0.717, 1.165) is 29.3 Å². The third-order valence-electron chi connectivity index (χ3n) is 3.23. The Kier molecular flexibility index (Phi) is 3.54. The van der Waals surface area contributed by atoms with Crippen molar-refractivity contribution in [2.45, 2.75) is 31.8 Å². The molecule has 17 heavy (non-hydrogen) atoms. The van der Waals surface area contributed by atoms with E-state index in [2.05, 4.69) is 21.2 Å². The third kappa shape index (κ3) is 2.87. The molecule has 0 aromatic heterocycles. The summed E-state index contributed by atoms with van der Waals surface area (Å²) in [6.45, 7) is 2.32. The number of aliphatic hydroxyl groups is 1. The van der Waals surface area contributed by atoms with E-state index in [1.807, 2.05) is 19.1 Å². The number of benzene rings is 1. The monoisotopic (exact) mass is 297 g/mol. The highest BCUT2D eigenvalue weighted by molar-refractivity contribution is 9.10. The van der Waals surface area contributed by atoms with Crippen LogP contribution in [0.5, 0.6) is 0 Å². The van der Waals surface area contributed by atoms with Crippen molar-refractivity contribution in [1.82, 2.24) is 5.32 Å². The predicted molar refractivity (Wildman–Crippen MR) is 70.0 cm³/mol. The van der Waals surface area contributed by atoms with Crippen molar-refractivity contribution in [2.24, 2.45) is 0 Å². The van der Waals surface area contributed by atoms with Gasteiger partial charge in [-0.15, -0.1) is 0 Å². The maximum Gasteiger partial charge on any atom is 0.252 e. The molecule has 0 unspecified atom stereocenters. The standard InChI is InChI=1S/C13H16BrNO2/c1-9-3-4-10(11(14)7-9)12(16)15-8-13(17)5-2-6-13/h3-4,7,17H,2,5-6,8H2,1H3,(H,15,16). The molecule has 0 heterocycles. The molecular formula is C13H16BrNO2. The second-order valence-electron chi connectivity index (χ2n) is 4.74. The zero-order valence-electron chi connectivity index (χ0n) is 9.79. The number of hydrogen-bond acceptors (Lipinski definition) is 2. The molecule has 0 saturated heterocycles. The molecule has 0 spiro atoms. The van der Waals surface area contributed by atoms with Gasteiger partial charge in [-0.2, -0.15) is 0 Å². The number of hydrogen-bond donors (Lipinski definition) is 2. The molecule has 1 aromatic carbocycles. The Morgan fingerprint density at radius 1 is 1.53 bits per heavy atom. The first kappa shape index (κ1) is 12.6. The van der Waals surface area contributed by atoms with Crippen molar-refractivity contribution in [3.05, 3.63) is 33.8 Å². The van der Waals surface area contributed by atoms with Gasteiger partial charge in [0.1, 0.15) is 0 Å². The molecule has 4 heteroatoms. The lowest BCUT2D eigenvalue weighted by atomic mass is 9.80. The van der Waals surface area contributed by atoms with Gasteiger partial charge < -0.3 is 10.4 Å². The highest BCUT2D eigenvalue weighted by Gasteiger charge is 2.34. The first-order valence-electron chi connectivity index (χ1n) is 5.77. The molecule has 2 rings (SSSR count). The van der Waals surface area contributed by atoms with Crippen LogP contribution in [-0.4, -0.2) is 23.2 Å². The first-order chi connectivity index (χ1) is 8.00. The number of aryl methyl sites for hydroxylation is 1. The van der Waals surface area contributed by atoms with E-state index in [-0.39, 0.29) is 5.91 Å². The molecule has 0 aliphatic heterocycles. The van der Waals surface area contributed by atoms with Gasteiger partial charge in [-0.25, -0.2) is 0 Å². The molecule has 1 aliphatic rings. The molecule has 3 nitrogen and oxygen atoms in total. The average molecular weight is 298 g/mol. The Labute approximate surface area is 109 Å². The minimum Gasteiger partial charge on any atom is -0.388 e. The Hall–Kier alpha value is -0.870. The van der Waals surface area contributed by atoms with E-state index in [4.69, 9.17) is 0 Å². The fourth-order valence-corrected chi connectivity index (χ4v) is 2.58. The highest BCUT2D eigenvalue weighted by atomic mass is 79.9. The second kappa shape index (κ2) is 4.78. The van der Waals surface area contributed by atoms with Crippen molar-refractivity contribution < 1.29 is 9.90 Å². The van der Waals surface area contributed by atoms with Crippen LogP contribution >= 0.6 is 15.9 Å². The van der Waals surface area contributed by atoms with E-state index in [9.17, 15) is 9.90 Å². The smallest absolute Gasteiger partial charge is 0.252 e. The zero-order valence-corrected chi connectivity index (χ0v) is 11.4. The van der Waals surface area contributed by atoms with Crippen molar-refractivity contribution in [3.63, 3.8) is 0 Å². The van der Waals surface area contributed by atoms with Crippen molar-refractivity contribution >= 4 is 21.8 Å². The van der Waals surface area contributed by atoms with Crippen molar-refractivity contribution in [2.75, 3.05) is 6.54 Å². The van der Waals surface area contributed by atoms with Crippen LogP contribution in [0.2, 0.25) is 0 Å². The van der Waals surface area contributed by atoms with Gasteiger partial charge in [0.2, 0.25) is 0 Å². The summed E-state index contributed by atoms with van der Waals surface area (Å²) in [4.78, 5) is 11.9. The molecule has 0 bridgehead atoms. The third-order valence-corrected chi connectivity index (χ3v) is 3.89.